The number of thiophene rings is 2. The van der Waals surface area contributed by atoms with Crippen LogP contribution < -0.4 is 5.32 Å². The van der Waals surface area contributed by atoms with Crippen molar-refractivity contribution in [3.8, 4) is 0 Å². The molecule has 0 aliphatic rings. The molecule has 1 nitrogen and oxygen atoms in total. The van der Waals surface area contributed by atoms with Gasteiger partial charge >= 0.3 is 0 Å². The van der Waals surface area contributed by atoms with Crippen LogP contribution in [0.4, 0.5) is 0 Å². The van der Waals surface area contributed by atoms with Crippen LogP contribution in [0.15, 0.2) is 22.2 Å². The van der Waals surface area contributed by atoms with Crippen LogP contribution in [0.2, 0.25) is 5.02 Å². The number of halogens is 1. The first kappa shape index (κ1) is 14.1. The van der Waals surface area contributed by atoms with Gasteiger partial charge < -0.3 is 5.32 Å². The van der Waals surface area contributed by atoms with Gasteiger partial charge in [-0.05, 0) is 59.6 Å². The van der Waals surface area contributed by atoms with Gasteiger partial charge in [-0.3, -0.25) is 0 Å². The van der Waals surface area contributed by atoms with E-state index < -0.39 is 0 Å². The largest absolute Gasteiger partial charge is 0.309 e. The molecule has 2 aromatic heterocycles. The number of hydrogen-bond acceptors (Lipinski definition) is 3. The van der Waals surface area contributed by atoms with Crippen LogP contribution >= 0.6 is 34.3 Å². The highest BCUT2D eigenvalue weighted by Gasteiger charge is 2.17. The minimum atomic E-state index is 0.376. The molecule has 2 aromatic rings. The van der Waals surface area contributed by atoms with E-state index in [1.54, 1.807) is 22.7 Å². The minimum absolute atomic E-state index is 0.376. The van der Waals surface area contributed by atoms with Crippen molar-refractivity contribution < 1.29 is 0 Å². The quantitative estimate of drug-likeness (QED) is 0.786. The van der Waals surface area contributed by atoms with Crippen molar-refractivity contribution in [3.63, 3.8) is 0 Å². The lowest BCUT2D eigenvalue weighted by atomic mass is 10.1. The van der Waals surface area contributed by atoms with Gasteiger partial charge in [-0.1, -0.05) is 18.5 Å². The van der Waals surface area contributed by atoms with Crippen LogP contribution in [0.1, 0.15) is 35.4 Å². The van der Waals surface area contributed by atoms with Crippen LogP contribution in [0.25, 0.3) is 0 Å². The molecule has 1 unspecified atom stereocenters. The van der Waals surface area contributed by atoms with Crippen molar-refractivity contribution in [2.24, 2.45) is 0 Å². The van der Waals surface area contributed by atoms with Crippen molar-refractivity contribution in [1.29, 1.82) is 0 Å². The molecule has 0 amide bonds. The second kappa shape index (κ2) is 6.71. The van der Waals surface area contributed by atoms with E-state index in [9.17, 15) is 0 Å². The lowest BCUT2D eigenvalue weighted by Gasteiger charge is -2.17. The molecule has 0 aliphatic carbocycles. The van der Waals surface area contributed by atoms with Gasteiger partial charge in [-0.15, -0.1) is 11.3 Å². The van der Waals surface area contributed by atoms with Crippen LogP contribution in [-0.2, 0) is 6.42 Å². The first-order chi connectivity index (χ1) is 8.72. The van der Waals surface area contributed by atoms with Gasteiger partial charge in [0.2, 0.25) is 0 Å². The Labute approximate surface area is 122 Å². The van der Waals surface area contributed by atoms with Gasteiger partial charge in [0.05, 0.1) is 5.02 Å². The Morgan fingerprint density at radius 2 is 2.22 bits per heavy atom. The van der Waals surface area contributed by atoms with Gasteiger partial charge in [0.25, 0.3) is 0 Å². The van der Waals surface area contributed by atoms with Gasteiger partial charge in [-0.25, -0.2) is 0 Å². The number of rotatable bonds is 6. The second-order valence-corrected chi connectivity index (χ2v) is 6.45. The van der Waals surface area contributed by atoms with E-state index in [2.05, 4.69) is 41.4 Å². The molecule has 0 spiro atoms. The molecule has 0 fully saturated rings. The van der Waals surface area contributed by atoms with Gasteiger partial charge in [0.15, 0.2) is 0 Å². The number of nitrogens with one attached hydrogen (secondary N) is 1. The third-order valence-electron chi connectivity index (χ3n) is 2.99. The standard InChI is InChI=1S/C14H18ClNS2/c1-3-16-12(5-4-11-6-7-17-9-11)14-13(15)10(2)8-18-14/h6-9,12,16H,3-5H2,1-2H3. The summed E-state index contributed by atoms with van der Waals surface area (Å²) in [6.07, 6.45) is 2.21. The van der Waals surface area contributed by atoms with Gasteiger partial charge in [-0.2, -0.15) is 11.3 Å². The molecule has 1 N–H and O–H groups in total. The highest BCUT2D eigenvalue weighted by Crippen LogP contribution is 2.34. The average molecular weight is 300 g/mol. The fourth-order valence-corrected chi connectivity index (χ4v) is 4.14. The summed E-state index contributed by atoms with van der Waals surface area (Å²) in [5, 5.41) is 11.0. The molecular weight excluding hydrogens is 282 g/mol. The van der Waals surface area contributed by atoms with E-state index in [0.717, 1.165) is 24.4 Å². The summed E-state index contributed by atoms with van der Waals surface area (Å²) in [4.78, 5) is 1.28. The summed E-state index contributed by atoms with van der Waals surface area (Å²) in [6.45, 7) is 5.19. The van der Waals surface area contributed by atoms with E-state index >= 15 is 0 Å². The molecule has 2 heterocycles. The predicted octanol–water partition coefficient (Wildman–Crippen LogP) is 5.05. The Morgan fingerprint density at radius 3 is 2.78 bits per heavy atom. The van der Waals surface area contributed by atoms with Crippen LogP contribution in [0, 0.1) is 6.92 Å². The summed E-state index contributed by atoms with van der Waals surface area (Å²) < 4.78 is 0. The van der Waals surface area contributed by atoms with Crippen LogP contribution in [0.5, 0.6) is 0 Å². The van der Waals surface area contributed by atoms with Crippen molar-refractivity contribution in [2.45, 2.75) is 32.7 Å². The van der Waals surface area contributed by atoms with Gasteiger partial charge in [0, 0.05) is 10.9 Å². The maximum absolute atomic E-state index is 6.37. The zero-order valence-corrected chi connectivity index (χ0v) is 13.1. The molecule has 0 aromatic carbocycles. The molecule has 98 valence electrons. The molecule has 0 saturated heterocycles. The van der Waals surface area contributed by atoms with Crippen molar-refractivity contribution in [3.05, 3.63) is 43.2 Å². The minimum Gasteiger partial charge on any atom is -0.309 e. The molecule has 0 saturated carbocycles. The third-order valence-corrected chi connectivity index (χ3v) is 5.55. The van der Waals surface area contributed by atoms with Gasteiger partial charge in [0.1, 0.15) is 0 Å². The van der Waals surface area contributed by atoms with Crippen molar-refractivity contribution >= 4 is 34.3 Å². The average Bonchev–Trinajstić information content (AvgIpc) is 2.98. The Morgan fingerprint density at radius 1 is 1.39 bits per heavy atom. The zero-order chi connectivity index (χ0) is 13.0. The number of hydrogen-bond donors (Lipinski definition) is 1. The third kappa shape index (κ3) is 3.35. The lowest BCUT2D eigenvalue weighted by Crippen LogP contribution is -2.20. The molecule has 0 bridgehead atoms. The fraction of sp³-hybridized carbons (Fsp3) is 0.429. The highest BCUT2D eigenvalue weighted by molar-refractivity contribution is 7.10. The topological polar surface area (TPSA) is 12.0 Å². The maximum Gasteiger partial charge on any atom is 0.0590 e. The Hall–Kier alpha value is -0.350. The summed E-state index contributed by atoms with van der Waals surface area (Å²) in [5.74, 6) is 0. The summed E-state index contributed by atoms with van der Waals surface area (Å²) in [6, 6.07) is 2.58. The van der Waals surface area contributed by atoms with E-state index in [4.69, 9.17) is 11.6 Å². The zero-order valence-electron chi connectivity index (χ0n) is 10.7. The summed E-state index contributed by atoms with van der Waals surface area (Å²) in [5.41, 5.74) is 2.61. The Bertz CT molecular complexity index is 476. The Kier molecular flexibility index (Phi) is 5.25. The normalized spacial score (nSPS) is 12.8. The molecule has 0 aliphatic heterocycles. The highest BCUT2D eigenvalue weighted by atomic mass is 35.5. The summed E-state index contributed by atoms with van der Waals surface area (Å²) in [7, 11) is 0. The van der Waals surface area contributed by atoms with E-state index in [1.165, 1.54) is 16.0 Å². The SMILES string of the molecule is CCNC(CCc1ccsc1)c1scc(C)c1Cl. The molecule has 2 rings (SSSR count). The molecule has 4 heteroatoms. The van der Waals surface area contributed by atoms with Crippen LogP contribution in [0.3, 0.4) is 0 Å². The molecular formula is C14H18ClNS2. The second-order valence-electron chi connectivity index (χ2n) is 4.38. The van der Waals surface area contributed by atoms with Crippen LogP contribution in [-0.4, -0.2) is 6.54 Å². The maximum atomic E-state index is 6.37. The predicted molar refractivity (Wildman–Crippen MR) is 83.1 cm³/mol. The molecule has 0 radical (unpaired) electrons. The van der Waals surface area contributed by atoms with Crippen molar-refractivity contribution in [2.75, 3.05) is 6.54 Å². The monoisotopic (exact) mass is 299 g/mol. The number of aryl methyl sites for hydroxylation is 2. The molecule has 1 atom stereocenters. The first-order valence-corrected chi connectivity index (χ1v) is 8.40. The Balaban J connectivity index is 2.06. The summed E-state index contributed by atoms with van der Waals surface area (Å²) >= 11 is 9.91. The van der Waals surface area contributed by atoms with E-state index in [1.807, 2.05) is 0 Å². The van der Waals surface area contributed by atoms with Crippen molar-refractivity contribution in [1.82, 2.24) is 5.32 Å². The molecule has 18 heavy (non-hydrogen) atoms. The smallest absolute Gasteiger partial charge is 0.0590 e. The first-order valence-electron chi connectivity index (χ1n) is 6.20. The van der Waals surface area contributed by atoms with E-state index in [0.29, 0.717) is 6.04 Å². The fourth-order valence-electron chi connectivity index (χ4n) is 2.00. The van der Waals surface area contributed by atoms with E-state index in [-0.39, 0.29) is 0 Å². The lowest BCUT2D eigenvalue weighted by molar-refractivity contribution is 0.523.